The van der Waals surface area contributed by atoms with Crippen LogP contribution in [0.1, 0.15) is 39.5 Å². The first-order chi connectivity index (χ1) is 15.3. The number of piperidine rings is 1. The van der Waals surface area contributed by atoms with Crippen LogP contribution in [0, 0.1) is 0 Å². The Hall–Kier alpha value is -2.27. The van der Waals surface area contributed by atoms with Crippen molar-refractivity contribution in [1.29, 1.82) is 0 Å². The molecule has 0 aromatic carbocycles. The maximum absolute atomic E-state index is 13.2. The molecule has 3 aromatic heterocycles. The average molecular weight is 470 g/mol. The summed E-state index contributed by atoms with van der Waals surface area (Å²) in [4.78, 5) is 22.8. The summed E-state index contributed by atoms with van der Waals surface area (Å²) in [6.45, 7) is 4.70. The molecule has 0 radical (unpaired) electrons. The van der Waals surface area contributed by atoms with Crippen LogP contribution in [0.25, 0.3) is 11.1 Å². The molecule has 3 aliphatic heterocycles. The number of rotatable bonds is 3. The molecule has 8 nitrogen and oxygen atoms in total. The lowest BCUT2D eigenvalue weighted by atomic mass is 9.85. The molecule has 3 aromatic rings. The molecule has 6 heterocycles. The van der Waals surface area contributed by atoms with Gasteiger partial charge in [-0.1, -0.05) is 11.1 Å². The number of thiol groups is 1. The molecule has 2 bridgehead atoms. The number of aliphatic imine (C=N–C) groups is 1. The number of aromatic amines is 1. The summed E-state index contributed by atoms with van der Waals surface area (Å²) in [6.07, 6.45) is 9.98. The highest BCUT2D eigenvalue weighted by molar-refractivity contribution is 8.28. The molecule has 2 saturated heterocycles. The number of nitrogens with zero attached hydrogens (tertiary/aromatic N) is 5. The second-order valence-electron chi connectivity index (χ2n) is 9.70. The Kier molecular flexibility index (Phi) is 4.52. The summed E-state index contributed by atoms with van der Waals surface area (Å²) >= 11 is 0.574. The van der Waals surface area contributed by atoms with Crippen LogP contribution in [0.3, 0.4) is 0 Å². The normalized spacial score (nSPS) is 32.3. The summed E-state index contributed by atoms with van der Waals surface area (Å²) in [6, 6.07) is 4.03. The third-order valence-electron chi connectivity index (χ3n) is 7.14. The first-order valence-electron chi connectivity index (χ1n) is 10.9. The van der Waals surface area contributed by atoms with Gasteiger partial charge in [-0.25, -0.2) is 9.98 Å². The average Bonchev–Trinajstić information content (AvgIpc) is 3.51. The number of thiazole rings is 1. The van der Waals surface area contributed by atoms with E-state index in [1.807, 2.05) is 17.8 Å². The summed E-state index contributed by atoms with van der Waals surface area (Å²) in [7, 11) is 2.20. The zero-order valence-electron chi connectivity index (χ0n) is 18.4. The van der Waals surface area contributed by atoms with Gasteiger partial charge in [0.1, 0.15) is 5.03 Å². The van der Waals surface area contributed by atoms with Crippen LogP contribution in [-0.4, -0.2) is 53.4 Å². The van der Waals surface area contributed by atoms with E-state index in [4.69, 9.17) is 9.98 Å². The maximum atomic E-state index is 13.2. The smallest absolute Gasteiger partial charge is 0.257 e. The van der Waals surface area contributed by atoms with Crippen molar-refractivity contribution in [2.24, 2.45) is 4.99 Å². The molecule has 6 rings (SSSR count). The highest BCUT2D eigenvalue weighted by Gasteiger charge is 2.50. The van der Waals surface area contributed by atoms with Gasteiger partial charge in [0.2, 0.25) is 0 Å². The Morgan fingerprint density at radius 1 is 1.25 bits per heavy atom. The highest BCUT2D eigenvalue weighted by Crippen LogP contribution is 2.55. The van der Waals surface area contributed by atoms with E-state index in [1.165, 1.54) is 12.8 Å². The molecule has 0 amide bonds. The number of nitrogens with one attached hydrogen (secondary N) is 2. The zero-order valence-corrected chi connectivity index (χ0v) is 20.1. The van der Waals surface area contributed by atoms with Gasteiger partial charge in [0, 0.05) is 41.1 Å². The van der Waals surface area contributed by atoms with E-state index in [-0.39, 0.29) is 16.6 Å². The predicted molar refractivity (Wildman–Crippen MR) is 130 cm³/mol. The van der Waals surface area contributed by atoms with Crippen LogP contribution in [0.15, 0.2) is 51.0 Å². The zero-order chi connectivity index (χ0) is 22.1. The van der Waals surface area contributed by atoms with Crippen LogP contribution in [0.4, 0.5) is 5.00 Å². The molecule has 168 valence electrons. The molecule has 4 atom stereocenters. The van der Waals surface area contributed by atoms with E-state index in [1.54, 1.807) is 34.4 Å². The van der Waals surface area contributed by atoms with E-state index in [9.17, 15) is 4.79 Å². The van der Waals surface area contributed by atoms with Gasteiger partial charge in [0.25, 0.3) is 5.56 Å². The highest BCUT2D eigenvalue weighted by atomic mass is 32.2. The van der Waals surface area contributed by atoms with Crippen molar-refractivity contribution >= 4 is 32.6 Å². The molecule has 0 spiro atoms. The van der Waals surface area contributed by atoms with Crippen molar-refractivity contribution in [2.45, 2.75) is 61.7 Å². The second-order valence-corrected chi connectivity index (χ2v) is 12.6. The van der Waals surface area contributed by atoms with Crippen LogP contribution in [0.5, 0.6) is 0 Å². The van der Waals surface area contributed by atoms with Gasteiger partial charge in [0.15, 0.2) is 10.2 Å². The van der Waals surface area contributed by atoms with Crippen molar-refractivity contribution < 1.29 is 0 Å². The molecular formula is C22H27N7OS2. The minimum Gasteiger partial charge on any atom is -0.306 e. The number of hydrogen-bond donors (Lipinski definition) is 3. The molecule has 1 unspecified atom stereocenters. The van der Waals surface area contributed by atoms with Crippen molar-refractivity contribution in [3.63, 3.8) is 0 Å². The quantitative estimate of drug-likeness (QED) is 0.511. The van der Waals surface area contributed by atoms with E-state index in [0.717, 1.165) is 39.2 Å². The van der Waals surface area contributed by atoms with Crippen molar-refractivity contribution in [3.05, 3.63) is 46.6 Å². The summed E-state index contributed by atoms with van der Waals surface area (Å²) in [5.41, 5.74) is 3.88. The first kappa shape index (κ1) is 20.3. The molecule has 32 heavy (non-hydrogen) atoms. The Labute approximate surface area is 193 Å². The van der Waals surface area contributed by atoms with Gasteiger partial charge < -0.3 is 5.32 Å². The lowest BCUT2D eigenvalue weighted by molar-refractivity contribution is 0.160. The van der Waals surface area contributed by atoms with Crippen LogP contribution in [-0.2, 0) is 0 Å². The maximum Gasteiger partial charge on any atom is 0.257 e. The van der Waals surface area contributed by atoms with Crippen LogP contribution < -0.4 is 10.9 Å². The topological polar surface area (TPSA) is 91.2 Å². The monoisotopic (exact) mass is 469 g/mol. The minimum absolute atomic E-state index is 0.0807. The Morgan fingerprint density at radius 3 is 2.72 bits per heavy atom. The van der Waals surface area contributed by atoms with Gasteiger partial charge in [-0.3, -0.25) is 18.8 Å². The Balaban J connectivity index is 1.37. The number of hydrogen-bond acceptors (Lipinski definition) is 7. The molecule has 0 saturated carbocycles. The number of pyridine rings is 1. The third-order valence-corrected chi connectivity index (χ3v) is 10.4. The van der Waals surface area contributed by atoms with Crippen molar-refractivity contribution in [2.75, 3.05) is 7.05 Å². The SMILES string of the molecule is CN([C@H]1C[C@]2(C)CC[C@](C)(C1)N2)[SH]1C(n2ccc(-c3cn[nH]c3)cc2=O)=Nc2scnc21. The van der Waals surface area contributed by atoms with Crippen LogP contribution in [0.2, 0.25) is 0 Å². The number of fused-ring (bicyclic) bond motifs is 3. The van der Waals surface area contributed by atoms with Gasteiger partial charge >= 0.3 is 0 Å². The first-order valence-corrected chi connectivity index (χ1v) is 13.1. The van der Waals surface area contributed by atoms with Gasteiger partial charge in [-0.2, -0.15) is 5.10 Å². The fourth-order valence-corrected chi connectivity index (χ4v) is 8.96. The predicted octanol–water partition coefficient (Wildman–Crippen LogP) is 3.51. The van der Waals surface area contributed by atoms with E-state index < -0.39 is 11.1 Å². The number of H-pyrrole nitrogens is 1. The molecule has 10 heteroatoms. The van der Waals surface area contributed by atoms with E-state index in [0.29, 0.717) is 6.04 Å². The molecule has 0 aliphatic carbocycles. The largest absolute Gasteiger partial charge is 0.306 e. The van der Waals surface area contributed by atoms with E-state index in [2.05, 4.69) is 40.7 Å². The van der Waals surface area contributed by atoms with Gasteiger partial charge in [-0.15, -0.1) is 11.3 Å². The lowest BCUT2D eigenvalue weighted by Crippen LogP contribution is -2.58. The van der Waals surface area contributed by atoms with Crippen molar-refractivity contribution in [3.8, 4) is 11.1 Å². The third kappa shape index (κ3) is 3.20. The minimum atomic E-state index is -0.974. The van der Waals surface area contributed by atoms with Crippen LogP contribution >= 0.6 is 22.4 Å². The molecule has 3 aliphatic rings. The molecule has 2 fully saturated rings. The summed E-state index contributed by atoms with van der Waals surface area (Å²) < 4.78 is 4.18. The summed E-state index contributed by atoms with van der Waals surface area (Å²) in [5.74, 6) is 0. The van der Waals surface area contributed by atoms with Gasteiger partial charge in [0.05, 0.1) is 11.7 Å². The Morgan fingerprint density at radius 2 is 2.03 bits per heavy atom. The standard InChI is InChI=1S/C22H27N7OS2/c1-21-5-6-22(2,27-21)10-16(9-21)28(3)32-19-18(31-13-23-19)26-20(32)29-7-4-14(8-17(29)30)15-11-24-25-12-15/h4,7-8,11-13,16,27,32H,5-6,9-10H2,1-3H3,(H,24,25)/t16-,21-,22+. The van der Waals surface area contributed by atoms with E-state index >= 15 is 0 Å². The fourth-order valence-electron chi connectivity index (χ4n) is 5.62. The molecule has 2 N–H and O–H groups in total. The number of aromatic nitrogens is 4. The molecular weight excluding hydrogens is 442 g/mol. The van der Waals surface area contributed by atoms with Crippen molar-refractivity contribution in [1.82, 2.24) is 29.4 Å². The van der Waals surface area contributed by atoms with Gasteiger partial charge in [-0.05, 0) is 58.2 Å². The summed E-state index contributed by atoms with van der Waals surface area (Å²) in [5, 5.41) is 13.4. The Bertz CT molecular complexity index is 1250. The fraction of sp³-hybridized carbons (Fsp3) is 0.455. The lowest BCUT2D eigenvalue weighted by Gasteiger charge is -2.47. The second kappa shape index (κ2) is 7.11.